The number of thiocarbonyl (C=S) groups is 1. The highest BCUT2D eigenvalue weighted by Gasteiger charge is 2.26. The van der Waals surface area contributed by atoms with E-state index in [9.17, 15) is 4.79 Å². The molecule has 1 fully saturated rings. The molecule has 1 aromatic rings. The number of hydrogen-bond acceptors (Lipinski definition) is 6. The van der Waals surface area contributed by atoms with Gasteiger partial charge < -0.3 is 19.5 Å². The molecule has 1 heterocycles. The third-order valence-corrected chi connectivity index (χ3v) is 4.39. The zero-order valence-corrected chi connectivity index (χ0v) is 13.7. The molecule has 1 saturated heterocycles. The van der Waals surface area contributed by atoms with Crippen LogP contribution in [-0.2, 0) is 4.79 Å². The largest absolute Gasteiger partial charge is 0.493 e. The van der Waals surface area contributed by atoms with Gasteiger partial charge in [-0.15, -0.1) is 0 Å². The monoisotopic (exact) mass is 325 g/mol. The second-order valence-corrected chi connectivity index (χ2v) is 5.90. The van der Waals surface area contributed by atoms with Gasteiger partial charge in [-0.25, -0.2) is 0 Å². The SMILES string of the molecule is COc1cc(/C(C)=C2/SC(=S)NC2=O)cc(OC)c1OC. The summed E-state index contributed by atoms with van der Waals surface area (Å²) in [5.74, 6) is 1.41. The van der Waals surface area contributed by atoms with Gasteiger partial charge in [-0.05, 0) is 30.2 Å². The molecule has 0 unspecified atom stereocenters. The van der Waals surface area contributed by atoms with Gasteiger partial charge in [0.05, 0.1) is 26.2 Å². The van der Waals surface area contributed by atoms with E-state index in [1.54, 1.807) is 33.5 Å². The Hall–Kier alpha value is -1.73. The van der Waals surface area contributed by atoms with Crippen molar-refractivity contribution in [3.63, 3.8) is 0 Å². The third kappa shape index (κ3) is 2.98. The van der Waals surface area contributed by atoms with Crippen LogP contribution in [0.4, 0.5) is 0 Å². The molecule has 1 aliphatic rings. The molecule has 112 valence electrons. The van der Waals surface area contributed by atoms with Crippen LogP contribution >= 0.6 is 24.0 Å². The van der Waals surface area contributed by atoms with Crippen LogP contribution in [0.1, 0.15) is 12.5 Å². The minimum atomic E-state index is -0.184. The quantitative estimate of drug-likeness (QED) is 0.678. The zero-order valence-electron chi connectivity index (χ0n) is 12.1. The number of rotatable bonds is 4. The van der Waals surface area contributed by atoms with E-state index in [1.165, 1.54) is 11.8 Å². The number of amides is 1. The highest BCUT2D eigenvalue weighted by atomic mass is 32.2. The summed E-state index contributed by atoms with van der Waals surface area (Å²) in [6, 6.07) is 3.61. The summed E-state index contributed by atoms with van der Waals surface area (Å²) < 4.78 is 16.4. The lowest BCUT2D eigenvalue weighted by Gasteiger charge is -2.14. The van der Waals surface area contributed by atoms with Crippen molar-refractivity contribution in [1.82, 2.24) is 5.32 Å². The highest BCUT2D eigenvalue weighted by Crippen LogP contribution is 2.41. The number of carbonyl (C=O) groups excluding carboxylic acids is 1. The fourth-order valence-electron chi connectivity index (χ4n) is 1.99. The maximum atomic E-state index is 11.9. The van der Waals surface area contributed by atoms with Crippen LogP contribution in [-0.4, -0.2) is 31.6 Å². The number of nitrogens with one attached hydrogen (secondary N) is 1. The van der Waals surface area contributed by atoms with Crippen LogP contribution in [0, 0.1) is 0 Å². The topological polar surface area (TPSA) is 56.8 Å². The predicted octanol–water partition coefficient (Wildman–Crippen LogP) is 2.59. The van der Waals surface area contributed by atoms with Gasteiger partial charge in [-0.2, -0.15) is 0 Å². The first-order valence-corrected chi connectivity index (χ1v) is 7.28. The first kappa shape index (κ1) is 15.7. The van der Waals surface area contributed by atoms with Crippen molar-refractivity contribution in [2.75, 3.05) is 21.3 Å². The molecule has 0 aliphatic carbocycles. The normalized spacial score (nSPS) is 16.6. The van der Waals surface area contributed by atoms with E-state index in [0.717, 1.165) is 11.1 Å². The molecule has 21 heavy (non-hydrogen) atoms. The Morgan fingerprint density at radius 3 is 2.10 bits per heavy atom. The summed E-state index contributed by atoms with van der Waals surface area (Å²) in [6.45, 7) is 1.86. The summed E-state index contributed by atoms with van der Waals surface area (Å²) >= 11 is 6.26. The van der Waals surface area contributed by atoms with Gasteiger partial charge in [-0.3, -0.25) is 4.79 Å². The maximum absolute atomic E-state index is 11.9. The number of hydrogen-bond donors (Lipinski definition) is 1. The Balaban J connectivity index is 2.57. The van der Waals surface area contributed by atoms with Crippen LogP contribution in [0.15, 0.2) is 17.0 Å². The Kier molecular flexibility index (Phi) is 4.74. The summed E-state index contributed by atoms with van der Waals surface area (Å²) in [7, 11) is 4.65. The van der Waals surface area contributed by atoms with Gasteiger partial charge in [0.25, 0.3) is 5.91 Å². The zero-order chi connectivity index (χ0) is 15.6. The van der Waals surface area contributed by atoms with E-state index in [-0.39, 0.29) is 5.91 Å². The van der Waals surface area contributed by atoms with Crippen molar-refractivity contribution >= 4 is 39.8 Å². The molecule has 1 N–H and O–H groups in total. The lowest BCUT2D eigenvalue weighted by atomic mass is 10.1. The van der Waals surface area contributed by atoms with E-state index in [2.05, 4.69) is 5.32 Å². The Morgan fingerprint density at radius 1 is 1.14 bits per heavy atom. The summed E-state index contributed by atoms with van der Waals surface area (Å²) in [5.41, 5.74) is 1.61. The average molecular weight is 325 g/mol. The van der Waals surface area contributed by atoms with Crippen LogP contribution < -0.4 is 19.5 Å². The minimum Gasteiger partial charge on any atom is -0.493 e. The second-order valence-electron chi connectivity index (χ2n) is 4.21. The highest BCUT2D eigenvalue weighted by molar-refractivity contribution is 8.26. The second kappa shape index (κ2) is 6.36. The molecule has 0 bridgehead atoms. The molecule has 2 rings (SSSR count). The molecule has 0 atom stereocenters. The smallest absolute Gasteiger partial charge is 0.263 e. The lowest BCUT2D eigenvalue weighted by Crippen LogP contribution is -2.18. The first-order valence-electron chi connectivity index (χ1n) is 6.06. The number of thioether (sulfide) groups is 1. The van der Waals surface area contributed by atoms with Crippen LogP contribution in [0.3, 0.4) is 0 Å². The third-order valence-electron chi connectivity index (χ3n) is 3.05. The number of methoxy groups -OCH3 is 3. The number of ether oxygens (including phenoxy) is 3. The van der Waals surface area contributed by atoms with Gasteiger partial charge in [0, 0.05) is 0 Å². The van der Waals surface area contributed by atoms with E-state index >= 15 is 0 Å². The summed E-state index contributed by atoms with van der Waals surface area (Å²) in [5, 5.41) is 2.61. The molecule has 0 spiro atoms. The fourth-order valence-corrected chi connectivity index (χ4v) is 3.08. The average Bonchev–Trinajstić information content (AvgIpc) is 2.83. The van der Waals surface area contributed by atoms with Gasteiger partial charge >= 0.3 is 0 Å². The van der Waals surface area contributed by atoms with Crippen molar-refractivity contribution in [3.05, 3.63) is 22.6 Å². The first-order chi connectivity index (χ1) is 10.0. The van der Waals surface area contributed by atoms with E-state index in [0.29, 0.717) is 26.5 Å². The summed E-state index contributed by atoms with van der Waals surface area (Å²) in [6.07, 6.45) is 0. The predicted molar refractivity (Wildman–Crippen MR) is 87.0 cm³/mol. The number of carbonyl (C=O) groups is 1. The molecule has 0 radical (unpaired) electrons. The number of allylic oxidation sites excluding steroid dienone is 1. The van der Waals surface area contributed by atoms with Crippen molar-refractivity contribution in [1.29, 1.82) is 0 Å². The molecule has 1 amide bonds. The van der Waals surface area contributed by atoms with Gasteiger partial charge in [0.1, 0.15) is 4.32 Å². The molecule has 1 aliphatic heterocycles. The van der Waals surface area contributed by atoms with Gasteiger partial charge in [-0.1, -0.05) is 24.0 Å². The maximum Gasteiger partial charge on any atom is 0.263 e. The molecular formula is C14H15NO4S2. The van der Waals surface area contributed by atoms with Gasteiger partial charge in [0.2, 0.25) is 5.75 Å². The molecule has 1 aromatic carbocycles. The van der Waals surface area contributed by atoms with Crippen molar-refractivity contribution < 1.29 is 19.0 Å². The van der Waals surface area contributed by atoms with E-state index < -0.39 is 0 Å². The molecule has 5 nitrogen and oxygen atoms in total. The molecule has 7 heteroatoms. The molecule has 0 saturated carbocycles. The molecular weight excluding hydrogens is 310 g/mol. The minimum absolute atomic E-state index is 0.184. The van der Waals surface area contributed by atoms with Crippen molar-refractivity contribution in [2.24, 2.45) is 0 Å². The Labute approximate surface area is 132 Å². The standard InChI is InChI=1S/C14H15NO4S2/c1-7(12-13(16)15-14(20)21-12)8-5-9(17-2)11(19-4)10(6-8)18-3/h5-6H,1-4H3,(H,15,16,20)/b12-7+. The van der Waals surface area contributed by atoms with E-state index in [1.807, 2.05) is 6.92 Å². The Morgan fingerprint density at radius 2 is 1.71 bits per heavy atom. The van der Waals surface area contributed by atoms with E-state index in [4.69, 9.17) is 26.4 Å². The van der Waals surface area contributed by atoms with Crippen LogP contribution in [0.2, 0.25) is 0 Å². The van der Waals surface area contributed by atoms with Crippen LogP contribution in [0.25, 0.3) is 5.57 Å². The van der Waals surface area contributed by atoms with Crippen molar-refractivity contribution in [2.45, 2.75) is 6.92 Å². The van der Waals surface area contributed by atoms with Gasteiger partial charge in [0.15, 0.2) is 11.5 Å². The van der Waals surface area contributed by atoms with Crippen molar-refractivity contribution in [3.8, 4) is 17.2 Å². The fraction of sp³-hybridized carbons (Fsp3) is 0.286. The Bertz CT molecular complexity index is 615. The summed E-state index contributed by atoms with van der Waals surface area (Å²) in [4.78, 5) is 12.4. The lowest BCUT2D eigenvalue weighted by molar-refractivity contribution is -0.115. The van der Waals surface area contributed by atoms with Crippen LogP contribution in [0.5, 0.6) is 17.2 Å². The number of benzene rings is 1. The molecule has 0 aromatic heterocycles.